The summed E-state index contributed by atoms with van der Waals surface area (Å²) in [4.78, 5) is 39.7. The van der Waals surface area contributed by atoms with Crippen molar-refractivity contribution >= 4 is 41.7 Å². The minimum atomic E-state index is -0.583. The zero-order valence-corrected chi connectivity index (χ0v) is 16.4. The van der Waals surface area contributed by atoms with Gasteiger partial charge in [0.1, 0.15) is 12.3 Å². The van der Waals surface area contributed by atoms with Gasteiger partial charge in [0.25, 0.3) is 11.6 Å². The molecule has 28 heavy (non-hydrogen) atoms. The summed E-state index contributed by atoms with van der Waals surface area (Å²) in [6.45, 7) is 0.460. The Bertz CT molecular complexity index is 886. The van der Waals surface area contributed by atoms with Crippen molar-refractivity contribution in [1.29, 1.82) is 0 Å². The smallest absolute Gasteiger partial charge is 0.410 e. The predicted molar refractivity (Wildman–Crippen MR) is 106 cm³/mol. The summed E-state index contributed by atoms with van der Waals surface area (Å²) < 4.78 is 5.36. The molecule has 0 radical (unpaired) electrons. The van der Waals surface area contributed by atoms with Crippen LogP contribution in [0.4, 0.5) is 10.5 Å². The van der Waals surface area contributed by atoms with E-state index in [1.54, 1.807) is 22.4 Å². The fourth-order valence-electron chi connectivity index (χ4n) is 2.97. The minimum absolute atomic E-state index is 0.0142. The highest BCUT2D eigenvalue weighted by Crippen LogP contribution is 2.27. The van der Waals surface area contributed by atoms with Crippen LogP contribution >= 0.6 is 24.0 Å². The van der Waals surface area contributed by atoms with Crippen LogP contribution in [0.5, 0.6) is 0 Å². The van der Waals surface area contributed by atoms with Crippen LogP contribution in [0.3, 0.4) is 0 Å². The average molecular weight is 422 g/mol. The largest absolute Gasteiger partial charge is 0.445 e. The fourth-order valence-corrected chi connectivity index (χ4v) is 4.25. The van der Waals surface area contributed by atoms with Crippen LogP contribution in [0.1, 0.15) is 27.5 Å². The third-order valence-corrected chi connectivity index (χ3v) is 5.60. The van der Waals surface area contributed by atoms with Gasteiger partial charge in [-0.2, -0.15) is 12.6 Å². The van der Waals surface area contributed by atoms with Crippen LogP contribution in [0.25, 0.3) is 0 Å². The summed E-state index contributed by atoms with van der Waals surface area (Å²) in [6.07, 6.45) is 0.689. The van der Waals surface area contributed by atoms with Crippen molar-refractivity contribution in [3.63, 3.8) is 0 Å². The normalized spacial score (nSPS) is 18.8. The number of rotatable bonds is 6. The van der Waals surface area contributed by atoms with Crippen LogP contribution < -0.4 is 5.73 Å². The fraction of sp³-hybridized carbons (Fsp3) is 0.353. The number of aromatic nitrogens is 1. The molecule has 2 atom stereocenters. The molecule has 0 unspecified atom stereocenters. The van der Waals surface area contributed by atoms with E-state index < -0.39 is 16.9 Å². The Balaban J connectivity index is 1.60. The summed E-state index contributed by atoms with van der Waals surface area (Å²) in [6, 6.07) is 5.69. The lowest BCUT2D eigenvalue weighted by Gasteiger charge is -2.23. The average Bonchev–Trinajstić information content (AvgIpc) is 3.27. The maximum absolute atomic E-state index is 12.5. The number of nitro groups is 1. The van der Waals surface area contributed by atoms with Crippen LogP contribution in [0.15, 0.2) is 29.6 Å². The van der Waals surface area contributed by atoms with E-state index in [0.717, 1.165) is 5.01 Å². The van der Waals surface area contributed by atoms with Gasteiger partial charge in [-0.15, -0.1) is 11.3 Å². The second-order valence-electron chi connectivity index (χ2n) is 6.37. The van der Waals surface area contributed by atoms with Crippen LogP contribution in [-0.2, 0) is 17.8 Å². The molecule has 0 aliphatic carbocycles. The summed E-state index contributed by atoms with van der Waals surface area (Å²) in [5.74, 6) is -0.583. The Morgan fingerprint density at radius 1 is 1.39 bits per heavy atom. The van der Waals surface area contributed by atoms with Gasteiger partial charge in [-0.1, -0.05) is 0 Å². The van der Waals surface area contributed by atoms with Gasteiger partial charge in [0.05, 0.1) is 9.93 Å². The second kappa shape index (κ2) is 8.57. The van der Waals surface area contributed by atoms with Crippen molar-refractivity contribution in [2.45, 2.75) is 30.7 Å². The zero-order valence-electron chi connectivity index (χ0n) is 14.7. The third kappa shape index (κ3) is 4.78. The molecule has 1 aliphatic heterocycles. The number of likely N-dealkylation sites (tertiary alicyclic amines) is 1. The van der Waals surface area contributed by atoms with E-state index in [9.17, 15) is 19.7 Å². The first-order chi connectivity index (χ1) is 13.3. The van der Waals surface area contributed by atoms with Crippen LogP contribution in [0, 0.1) is 10.1 Å². The molecule has 1 fully saturated rings. The van der Waals surface area contributed by atoms with Crippen molar-refractivity contribution in [3.05, 3.63) is 56.0 Å². The molecule has 0 bridgehead atoms. The maximum atomic E-state index is 12.5. The molecule has 11 heteroatoms. The number of non-ortho nitro benzene ring substituents is 1. The number of nitrogens with two attached hydrogens (primary N) is 1. The molecule has 1 saturated heterocycles. The Morgan fingerprint density at radius 2 is 2.11 bits per heavy atom. The Kier molecular flexibility index (Phi) is 6.15. The molecule has 148 valence electrons. The van der Waals surface area contributed by atoms with E-state index in [1.165, 1.54) is 23.5 Å². The highest BCUT2D eigenvalue weighted by molar-refractivity contribution is 7.81. The molecule has 2 aromatic rings. The van der Waals surface area contributed by atoms with Gasteiger partial charge in [-0.3, -0.25) is 14.9 Å². The number of carbonyl (C=O) groups excluding carboxylic acids is 2. The summed E-state index contributed by atoms with van der Waals surface area (Å²) in [5.41, 5.74) is 6.07. The molecule has 0 spiro atoms. The molecule has 0 saturated carbocycles. The van der Waals surface area contributed by atoms with Crippen LogP contribution in [0.2, 0.25) is 0 Å². The van der Waals surface area contributed by atoms with E-state index in [1.807, 2.05) is 0 Å². The first kappa shape index (κ1) is 20.1. The van der Waals surface area contributed by atoms with E-state index in [4.69, 9.17) is 10.5 Å². The number of nitrogens with zero attached hydrogens (tertiary/aromatic N) is 3. The number of benzene rings is 1. The van der Waals surface area contributed by atoms with Gasteiger partial charge in [-0.25, -0.2) is 9.78 Å². The van der Waals surface area contributed by atoms with Gasteiger partial charge in [0.2, 0.25) is 0 Å². The number of primary amides is 1. The topological polar surface area (TPSA) is 129 Å². The first-order valence-corrected chi connectivity index (χ1v) is 9.82. The van der Waals surface area contributed by atoms with Gasteiger partial charge in [-0.05, 0) is 24.1 Å². The number of carbonyl (C=O) groups is 2. The van der Waals surface area contributed by atoms with Crippen molar-refractivity contribution in [3.8, 4) is 0 Å². The summed E-state index contributed by atoms with van der Waals surface area (Å²) in [7, 11) is 0. The predicted octanol–water partition coefficient (Wildman–Crippen LogP) is 2.40. The molecule has 9 nitrogen and oxygen atoms in total. The number of amides is 2. The molecular formula is C17H18N4O5S2. The highest BCUT2D eigenvalue weighted by atomic mass is 32.1. The number of nitro benzene ring substituents is 1. The lowest BCUT2D eigenvalue weighted by molar-refractivity contribution is -0.384. The molecule has 1 aromatic carbocycles. The number of hydrogen-bond acceptors (Lipinski definition) is 8. The van der Waals surface area contributed by atoms with Gasteiger partial charge in [0, 0.05) is 41.8 Å². The van der Waals surface area contributed by atoms with E-state index in [2.05, 4.69) is 17.6 Å². The maximum Gasteiger partial charge on any atom is 0.410 e. The van der Waals surface area contributed by atoms with Gasteiger partial charge >= 0.3 is 6.09 Å². The van der Waals surface area contributed by atoms with E-state index in [-0.39, 0.29) is 29.3 Å². The van der Waals surface area contributed by atoms with E-state index in [0.29, 0.717) is 24.9 Å². The zero-order chi connectivity index (χ0) is 20.3. The summed E-state index contributed by atoms with van der Waals surface area (Å²) >= 11 is 5.80. The first-order valence-electron chi connectivity index (χ1n) is 8.42. The van der Waals surface area contributed by atoms with Crippen molar-refractivity contribution in [1.82, 2.24) is 9.88 Å². The van der Waals surface area contributed by atoms with Gasteiger partial charge < -0.3 is 15.4 Å². The van der Waals surface area contributed by atoms with Crippen molar-refractivity contribution < 1.29 is 19.2 Å². The van der Waals surface area contributed by atoms with Crippen molar-refractivity contribution in [2.75, 3.05) is 6.54 Å². The number of ether oxygens (including phenoxy) is 1. The SMILES string of the molecule is NC(=O)c1csc(C[C@@H]2C[C@H](S)CN2C(=O)OCc2ccc([N+](=O)[O-])cc2)n1. The molecule has 2 amide bonds. The standard InChI is InChI=1S/C17H18N4O5S2/c18-16(22)14-9-28-15(19-14)6-12-5-13(27)7-20(12)17(23)26-8-10-1-3-11(4-2-10)21(24)25/h1-4,9,12-13,27H,5-8H2,(H2,18,22)/t12-,13-/m0/s1. The van der Waals surface area contributed by atoms with Gasteiger partial charge in [0.15, 0.2) is 0 Å². The minimum Gasteiger partial charge on any atom is -0.445 e. The molecule has 2 N–H and O–H groups in total. The number of hydrogen-bond donors (Lipinski definition) is 2. The lowest BCUT2D eigenvalue weighted by atomic mass is 10.1. The van der Waals surface area contributed by atoms with Crippen molar-refractivity contribution in [2.24, 2.45) is 5.73 Å². The second-order valence-corrected chi connectivity index (χ2v) is 8.04. The molecule has 1 aromatic heterocycles. The number of thiazole rings is 1. The van der Waals surface area contributed by atoms with Crippen LogP contribution in [-0.4, -0.2) is 44.6 Å². The quantitative estimate of drug-likeness (QED) is 0.418. The number of thiol groups is 1. The Morgan fingerprint density at radius 3 is 2.71 bits per heavy atom. The molecule has 2 heterocycles. The highest BCUT2D eigenvalue weighted by Gasteiger charge is 2.35. The molecule has 1 aliphatic rings. The Labute approximate surface area is 170 Å². The molecule has 3 rings (SSSR count). The summed E-state index contributed by atoms with van der Waals surface area (Å²) in [5, 5.41) is 13.0. The Hall–Kier alpha value is -2.66. The third-order valence-electron chi connectivity index (χ3n) is 4.35. The monoisotopic (exact) mass is 422 g/mol. The molecular weight excluding hydrogens is 404 g/mol. The van der Waals surface area contributed by atoms with E-state index >= 15 is 0 Å². The lowest BCUT2D eigenvalue weighted by Crippen LogP contribution is -2.37.